The van der Waals surface area contributed by atoms with Gasteiger partial charge in [-0.05, 0) is 36.2 Å². The number of hydrogen-bond acceptors (Lipinski definition) is 3. The van der Waals surface area contributed by atoms with E-state index in [2.05, 4.69) is 15.9 Å². The Morgan fingerprint density at radius 2 is 1.55 bits per heavy atom. The van der Waals surface area contributed by atoms with E-state index >= 15 is 0 Å². The van der Waals surface area contributed by atoms with Crippen molar-refractivity contribution in [2.24, 2.45) is 5.73 Å². The third-order valence-corrected chi connectivity index (χ3v) is 4.08. The molecule has 2 aromatic carbocycles. The van der Waals surface area contributed by atoms with Crippen LogP contribution in [0.4, 0.5) is 0 Å². The molecule has 4 heteroatoms. The number of rotatable bonds is 4. The van der Waals surface area contributed by atoms with Crippen LogP contribution in [0.2, 0.25) is 0 Å². The average molecular weight is 336 g/mol. The highest BCUT2D eigenvalue weighted by Gasteiger charge is 2.27. The standard InChI is InChI=1S/C16H18BrNO2/c1-16(18,14-6-4-5-7-15(14)17)11-8-12(19-2)10-13(9-11)20-3/h4-10H,18H2,1-3H3. The van der Waals surface area contributed by atoms with Crippen LogP contribution >= 0.6 is 15.9 Å². The Kier molecular flexibility index (Phi) is 4.35. The number of hydrogen-bond donors (Lipinski definition) is 1. The molecule has 106 valence electrons. The first kappa shape index (κ1) is 14.9. The second kappa shape index (κ2) is 5.85. The molecule has 0 spiro atoms. The Labute approximate surface area is 127 Å². The molecule has 1 unspecified atom stereocenters. The van der Waals surface area contributed by atoms with Crippen LogP contribution in [0.1, 0.15) is 18.1 Å². The highest BCUT2D eigenvalue weighted by atomic mass is 79.9. The first-order valence-corrected chi connectivity index (χ1v) is 7.05. The Bertz CT molecular complexity index is 589. The largest absolute Gasteiger partial charge is 0.497 e. The van der Waals surface area contributed by atoms with Gasteiger partial charge in [-0.1, -0.05) is 34.1 Å². The molecular weight excluding hydrogens is 318 g/mol. The van der Waals surface area contributed by atoms with Crippen LogP contribution in [-0.4, -0.2) is 14.2 Å². The van der Waals surface area contributed by atoms with Crippen molar-refractivity contribution in [3.63, 3.8) is 0 Å². The van der Waals surface area contributed by atoms with E-state index in [0.29, 0.717) is 0 Å². The summed E-state index contributed by atoms with van der Waals surface area (Å²) in [5.41, 5.74) is 7.86. The third kappa shape index (κ3) is 2.81. The van der Waals surface area contributed by atoms with Gasteiger partial charge in [0.2, 0.25) is 0 Å². The van der Waals surface area contributed by atoms with E-state index in [1.165, 1.54) is 0 Å². The highest BCUT2D eigenvalue weighted by Crippen LogP contribution is 2.35. The van der Waals surface area contributed by atoms with Crippen LogP contribution in [0.3, 0.4) is 0 Å². The molecule has 0 radical (unpaired) electrons. The van der Waals surface area contributed by atoms with Gasteiger partial charge in [0.15, 0.2) is 0 Å². The lowest BCUT2D eigenvalue weighted by molar-refractivity contribution is 0.391. The molecule has 0 saturated carbocycles. The van der Waals surface area contributed by atoms with Crippen molar-refractivity contribution in [3.8, 4) is 11.5 Å². The van der Waals surface area contributed by atoms with Crippen molar-refractivity contribution < 1.29 is 9.47 Å². The fraction of sp³-hybridized carbons (Fsp3) is 0.250. The third-order valence-electron chi connectivity index (χ3n) is 3.38. The van der Waals surface area contributed by atoms with E-state index in [4.69, 9.17) is 15.2 Å². The zero-order valence-corrected chi connectivity index (χ0v) is 13.4. The van der Waals surface area contributed by atoms with Crippen molar-refractivity contribution in [2.75, 3.05) is 14.2 Å². The zero-order chi connectivity index (χ0) is 14.8. The lowest BCUT2D eigenvalue weighted by atomic mass is 9.85. The zero-order valence-electron chi connectivity index (χ0n) is 11.8. The van der Waals surface area contributed by atoms with Crippen LogP contribution in [0.25, 0.3) is 0 Å². The topological polar surface area (TPSA) is 44.5 Å². The molecule has 0 saturated heterocycles. The van der Waals surface area contributed by atoms with Crippen molar-refractivity contribution in [2.45, 2.75) is 12.5 Å². The monoisotopic (exact) mass is 335 g/mol. The molecule has 2 N–H and O–H groups in total. The van der Waals surface area contributed by atoms with Gasteiger partial charge in [-0.2, -0.15) is 0 Å². The summed E-state index contributed by atoms with van der Waals surface area (Å²) >= 11 is 3.56. The van der Waals surface area contributed by atoms with E-state index < -0.39 is 5.54 Å². The molecule has 0 amide bonds. The number of halogens is 1. The maximum atomic E-state index is 6.57. The maximum absolute atomic E-state index is 6.57. The van der Waals surface area contributed by atoms with Gasteiger partial charge in [0, 0.05) is 10.5 Å². The lowest BCUT2D eigenvalue weighted by Gasteiger charge is -2.28. The summed E-state index contributed by atoms with van der Waals surface area (Å²) in [4.78, 5) is 0. The first-order chi connectivity index (χ1) is 9.48. The smallest absolute Gasteiger partial charge is 0.122 e. The average Bonchev–Trinajstić information content (AvgIpc) is 2.46. The van der Waals surface area contributed by atoms with Crippen LogP contribution in [0.15, 0.2) is 46.9 Å². The van der Waals surface area contributed by atoms with Gasteiger partial charge in [0.25, 0.3) is 0 Å². The molecule has 20 heavy (non-hydrogen) atoms. The first-order valence-electron chi connectivity index (χ1n) is 6.26. The van der Waals surface area contributed by atoms with E-state index in [9.17, 15) is 0 Å². The summed E-state index contributed by atoms with van der Waals surface area (Å²) in [5, 5.41) is 0. The molecule has 1 atom stereocenters. The summed E-state index contributed by atoms with van der Waals surface area (Å²) in [7, 11) is 3.26. The van der Waals surface area contributed by atoms with E-state index in [-0.39, 0.29) is 0 Å². The van der Waals surface area contributed by atoms with Crippen molar-refractivity contribution in [1.29, 1.82) is 0 Å². The minimum atomic E-state index is -0.651. The van der Waals surface area contributed by atoms with Crippen molar-refractivity contribution in [3.05, 3.63) is 58.1 Å². The fourth-order valence-electron chi connectivity index (χ4n) is 2.15. The van der Waals surface area contributed by atoms with Gasteiger partial charge in [0.05, 0.1) is 19.8 Å². The minimum Gasteiger partial charge on any atom is -0.497 e. The minimum absolute atomic E-state index is 0.651. The summed E-state index contributed by atoms with van der Waals surface area (Å²) in [6, 6.07) is 13.6. The Morgan fingerprint density at radius 3 is 2.05 bits per heavy atom. The molecule has 0 aliphatic carbocycles. The van der Waals surface area contributed by atoms with Gasteiger partial charge in [-0.25, -0.2) is 0 Å². The summed E-state index contributed by atoms with van der Waals surface area (Å²) in [6.07, 6.45) is 0. The SMILES string of the molecule is COc1cc(OC)cc(C(C)(N)c2ccccc2Br)c1. The molecular formula is C16H18BrNO2. The molecule has 2 aromatic rings. The van der Waals surface area contributed by atoms with Gasteiger partial charge >= 0.3 is 0 Å². The maximum Gasteiger partial charge on any atom is 0.122 e. The van der Waals surface area contributed by atoms with E-state index in [0.717, 1.165) is 27.1 Å². The fourth-order valence-corrected chi connectivity index (χ4v) is 2.84. The number of methoxy groups -OCH3 is 2. The van der Waals surface area contributed by atoms with Crippen LogP contribution in [-0.2, 0) is 5.54 Å². The van der Waals surface area contributed by atoms with Gasteiger partial charge in [-0.15, -0.1) is 0 Å². The Hall–Kier alpha value is -1.52. The Morgan fingerprint density at radius 1 is 1.00 bits per heavy atom. The highest BCUT2D eigenvalue weighted by molar-refractivity contribution is 9.10. The molecule has 0 bridgehead atoms. The van der Waals surface area contributed by atoms with E-state index in [1.54, 1.807) is 14.2 Å². The normalized spacial score (nSPS) is 13.7. The molecule has 0 aliphatic heterocycles. The van der Waals surface area contributed by atoms with Crippen molar-refractivity contribution in [1.82, 2.24) is 0 Å². The van der Waals surface area contributed by atoms with Gasteiger partial charge in [0.1, 0.15) is 11.5 Å². The summed E-state index contributed by atoms with van der Waals surface area (Å²) in [5.74, 6) is 1.45. The van der Waals surface area contributed by atoms with Gasteiger partial charge < -0.3 is 15.2 Å². The van der Waals surface area contributed by atoms with Crippen LogP contribution in [0.5, 0.6) is 11.5 Å². The second-order valence-corrected chi connectivity index (χ2v) is 5.64. The molecule has 0 aliphatic rings. The number of ether oxygens (including phenoxy) is 2. The predicted octanol–water partition coefficient (Wildman–Crippen LogP) is 3.69. The van der Waals surface area contributed by atoms with Crippen LogP contribution < -0.4 is 15.2 Å². The second-order valence-electron chi connectivity index (χ2n) is 4.78. The van der Waals surface area contributed by atoms with Gasteiger partial charge in [-0.3, -0.25) is 0 Å². The summed E-state index contributed by atoms with van der Waals surface area (Å²) < 4.78 is 11.6. The molecule has 2 rings (SSSR count). The summed E-state index contributed by atoms with van der Waals surface area (Å²) in [6.45, 7) is 1.97. The molecule has 0 fully saturated rings. The van der Waals surface area contributed by atoms with Crippen LogP contribution in [0, 0.1) is 0 Å². The molecule has 0 heterocycles. The lowest BCUT2D eigenvalue weighted by Crippen LogP contribution is -2.34. The predicted molar refractivity (Wildman–Crippen MR) is 84.3 cm³/mol. The number of nitrogens with two attached hydrogens (primary N) is 1. The number of benzene rings is 2. The van der Waals surface area contributed by atoms with Crippen molar-refractivity contribution >= 4 is 15.9 Å². The molecule has 3 nitrogen and oxygen atoms in total. The Balaban J connectivity index is 2.56. The quantitative estimate of drug-likeness (QED) is 0.926. The van der Waals surface area contributed by atoms with E-state index in [1.807, 2.05) is 49.4 Å². The molecule has 0 aromatic heterocycles.